The summed E-state index contributed by atoms with van der Waals surface area (Å²) in [4.78, 5) is 0. The molecule has 0 amide bonds. The van der Waals surface area contributed by atoms with Gasteiger partial charge in [-0.1, -0.05) is 28.1 Å². The van der Waals surface area contributed by atoms with E-state index in [2.05, 4.69) is 20.7 Å². The van der Waals surface area contributed by atoms with Gasteiger partial charge in [-0.3, -0.25) is 0 Å². The Kier molecular flexibility index (Phi) is 5.44. The third kappa shape index (κ3) is 4.95. The Balaban J connectivity index is 2.53. The van der Waals surface area contributed by atoms with E-state index in [9.17, 15) is 8.94 Å². The summed E-state index contributed by atoms with van der Waals surface area (Å²) in [5, 5.41) is 0. The van der Waals surface area contributed by atoms with Crippen LogP contribution in [-0.2, 0) is 11.4 Å². The van der Waals surface area contributed by atoms with Crippen molar-refractivity contribution in [3.63, 3.8) is 0 Å². The van der Waals surface area contributed by atoms with E-state index >= 15 is 0 Å². The summed E-state index contributed by atoms with van der Waals surface area (Å²) in [6.45, 7) is 5.60. The van der Waals surface area contributed by atoms with Crippen LogP contribution in [0.2, 0.25) is 0 Å². The Labute approximate surface area is 113 Å². The second-order valence-corrected chi connectivity index (χ2v) is 7.72. The van der Waals surface area contributed by atoms with Gasteiger partial charge in [0.25, 0.3) is 0 Å². The third-order valence-corrected chi connectivity index (χ3v) is 4.19. The fourth-order valence-corrected chi connectivity index (χ4v) is 2.33. The van der Waals surface area contributed by atoms with Gasteiger partial charge in [0.05, 0.1) is 6.54 Å². The molecule has 0 aliphatic heterocycles. The van der Waals surface area contributed by atoms with Crippen molar-refractivity contribution < 1.29 is 8.94 Å². The van der Waals surface area contributed by atoms with Crippen molar-refractivity contribution in [1.29, 1.82) is 0 Å². The van der Waals surface area contributed by atoms with Gasteiger partial charge in [-0.25, -0.2) is 4.39 Å². The van der Waals surface area contributed by atoms with Crippen molar-refractivity contribution in [3.05, 3.63) is 34.3 Å². The van der Waals surface area contributed by atoms with E-state index < -0.39 is 17.5 Å². The van der Waals surface area contributed by atoms with E-state index in [1.165, 1.54) is 0 Å². The van der Waals surface area contributed by atoms with Crippen LogP contribution in [0.4, 0.5) is 4.39 Å². The van der Waals surface area contributed by atoms with Crippen molar-refractivity contribution in [2.24, 2.45) is 0 Å². The minimum absolute atomic E-state index is 0.0559. The van der Waals surface area contributed by atoms with Gasteiger partial charge in [0.2, 0.25) is 0 Å². The van der Waals surface area contributed by atoms with Crippen LogP contribution in [-0.4, -0.2) is 15.8 Å². The van der Waals surface area contributed by atoms with Gasteiger partial charge >= 0.3 is 0 Å². The predicted molar refractivity (Wildman–Crippen MR) is 73.9 cm³/mol. The first-order chi connectivity index (χ1) is 7.80. The predicted octanol–water partition coefficient (Wildman–Crippen LogP) is 3.51. The molecular formula is C12H17BrFNOS. The quantitative estimate of drug-likeness (QED) is 0.861. The topological polar surface area (TPSA) is 35.1 Å². The zero-order valence-electron chi connectivity index (χ0n) is 10.2. The molecule has 2 atom stereocenters. The summed E-state index contributed by atoms with van der Waals surface area (Å²) in [6, 6.07) is 7.08. The molecule has 0 saturated heterocycles. The molecule has 5 heteroatoms. The Morgan fingerprint density at radius 1 is 1.47 bits per heavy atom. The Morgan fingerprint density at radius 3 is 2.65 bits per heavy atom. The molecule has 0 unspecified atom stereocenters. The van der Waals surface area contributed by atoms with E-state index in [1.807, 2.05) is 26.8 Å². The summed E-state index contributed by atoms with van der Waals surface area (Å²) in [5.41, 5.74) is 0.581. The van der Waals surface area contributed by atoms with Crippen LogP contribution < -0.4 is 4.72 Å². The first-order valence-electron chi connectivity index (χ1n) is 5.35. The smallest absolute Gasteiger partial charge is 0.142 e. The average molecular weight is 322 g/mol. The van der Waals surface area contributed by atoms with Gasteiger partial charge < -0.3 is 4.55 Å². The van der Waals surface area contributed by atoms with Crippen LogP contribution in [0.15, 0.2) is 28.7 Å². The molecule has 17 heavy (non-hydrogen) atoms. The molecule has 0 aliphatic rings. The fraction of sp³-hybridized carbons (Fsp3) is 0.500. The van der Waals surface area contributed by atoms with Crippen LogP contribution in [0.25, 0.3) is 0 Å². The van der Waals surface area contributed by atoms with E-state index in [-0.39, 0.29) is 11.3 Å². The second kappa shape index (κ2) is 6.18. The number of benzene rings is 1. The number of halogens is 2. The zero-order chi connectivity index (χ0) is 13.1. The molecule has 1 N–H and O–H groups in total. The first-order valence-corrected chi connectivity index (χ1v) is 7.30. The van der Waals surface area contributed by atoms with E-state index in [0.29, 0.717) is 5.56 Å². The minimum atomic E-state index is -1.24. The molecule has 0 radical (unpaired) electrons. The maximum absolute atomic E-state index is 13.8. The van der Waals surface area contributed by atoms with Crippen molar-refractivity contribution in [3.8, 4) is 0 Å². The highest BCUT2D eigenvalue weighted by Crippen LogP contribution is 2.21. The number of hydrogen-bond acceptors (Lipinski definition) is 2. The van der Waals surface area contributed by atoms with Gasteiger partial charge in [0.15, 0.2) is 0 Å². The summed E-state index contributed by atoms with van der Waals surface area (Å²) >= 11 is 2.06. The number of hydrogen-bond donors (Lipinski definition) is 1. The molecule has 0 aliphatic carbocycles. The van der Waals surface area contributed by atoms with Crippen molar-refractivity contribution in [2.45, 2.75) is 31.7 Å². The molecule has 96 valence electrons. The van der Waals surface area contributed by atoms with E-state index in [1.54, 1.807) is 18.2 Å². The lowest BCUT2D eigenvalue weighted by molar-refractivity contribution is 0.342. The molecule has 0 fully saturated rings. The summed E-state index contributed by atoms with van der Waals surface area (Å²) in [5.74, 6) is 0. The molecule has 0 saturated carbocycles. The Morgan fingerprint density at radius 2 is 2.12 bits per heavy atom. The lowest BCUT2D eigenvalue weighted by Crippen LogP contribution is -2.40. The fourth-order valence-electron chi connectivity index (χ4n) is 1.18. The molecule has 1 rings (SSSR count). The van der Waals surface area contributed by atoms with Crippen molar-refractivity contribution in [1.82, 2.24) is 4.72 Å². The maximum atomic E-state index is 13.8. The monoisotopic (exact) mass is 321 g/mol. The van der Waals surface area contributed by atoms with Crippen LogP contribution in [0, 0.1) is 0 Å². The molecule has 0 spiro atoms. The van der Waals surface area contributed by atoms with Crippen LogP contribution in [0.3, 0.4) is 0 Å². The van der Waals surface area contributed by atoms with Crippen molar-refractivity contribution >= 4 is 27.3 Å². The molecule has 1 aromatic carbocycles. The second-order valence-electron chi connectivity index (χ2n) is 4.75. The SMILES string of the molecule is CC(C)(C)[S@+]([O-])NC[C@H](F)c1cccc(Br)c1. The molecule has 2 nitrogen and oxygen atoms in total. The highest BCUT2D eigenvalue weighted by Gasteiger charge is 2.27. The van der Waals surface area contributed by atoms with E-state index in [4.69, 9.17) is 0 Å². The highest BCUT2D eigenvalue weighted by molar-refractivity contribution is 9.10. The summed E-state index contributed by atoms with van der Waals surface area (Å²) < 4.78 is 28.7. The van der Waals surface area contributed by atoms with Gasteiger partial charge in [-0.2, -0.15) is 0 Å². The summed E-state index contributed by atoms with van der Waals surface area (Å²) in [6.07, 6.45) is -1.15. The Hall–Kier alpha value is -0.100. The van der Waals surface area contributed by atoms with Crippen molar-refractivity contribution in [2.75, 3.05) is 6.54 Å². The normalized spacial score (nSPS) is 15.6. The maximum Gasteiger partial charge on any atom is 0.142 e. The molecule has 1 aromatic rings. The third-order valence-electron chi connectivity index (χ3n) is 2.16. The van der Waals surface area contributed by atoms with Crippen LogP contribution >= 0.6 is 15.9 Å². The highest BCUT2D eigenvalue weighted by atomic mass is 79.9. The largest absolute Gasteiger partial charge is 0.598 e. The van der Waals surface area contributed by atoms with E-state index in [0.717, 1.165) is 4.47 Å². The molecule has 0 bridgehead atoms. The van der Waals surface area contributed by atoms with Crippen LogP contribution in [0.5, 0.6) is 0 Å². The number of rotatable bonds is 4. The first kappa shape index (κ1) is 15.0. The van der Waals surface area contributed by atoms with Gasteiger partial charge in [0.1, 0.15) is 10.9 Å². The molecule has 0 aromatic heterocycles. The number of nitrogens with one attached hydrogen (secondary N) is 1. The standard InChI is InChI=1S/C12H17BrFNOS/c1-12(2,3)17(16)15-8-11(14)9-5-4-6-10(13)7-9/h4-7,11,15H,8H2,1-3H3/t11-,17-/m0/s1. The minimum Gasteiger partial charge on any atom is -0.598 e. The molecular weight excluding hydrogens is 305 g/mol. The average Bonchev–Trinajstić information content (AvgIpc) is 2.24. The lowest BCUT2D eigenvalue weighted by atomic mass is 10.1. The Bertz CT molecular complexity index is 370. The van der Waals surface area contributed by atoms with Crippen LogP contribution in [0.1, 0.15) is 32.5 Å². The molecule has 0 heterocycles. The van der Waals surface area contributed by atoms with Gasteiger partial charge in [-0.05, 0) is 38.5 Å². The van der Waals surface area contributed by atoms with Gasteiger partial charge in [-0.15, -0.1) is 4.72 Å². The number of alkyl halides is 1. The zero-order valence-corrected chi connectivity index (χ0v) is 12.6. The lowest BCUT2D eigenvalue weighted by Gasteiger charge is -2.24. The summed E-state index contributed by atoms with van der Waals surface area (Å²) in [7, 11) is 0. The van der Waals surface area contributed by atoms with Gasteiger partial charge in [0, 0.05) is 15.8 Å².